The first-order chi connectivity index (χ1) is 12.8. The number of alkyl halides is 4. The second-order valence-electron chi connectivity index (χ2n) is 5.91. The van der Waals surface area contributed by atoms with Gasteiger partial charge in [0.25, 0.3) is 0 Å². The number of nitrogens with one attached hydrogen (secondary N) is 2. The zero-order valence-electron chi connectivity index (χ0n) is 14.5. The molecule has 0 saturated carbocycles. The number of amides is 2. The minimum Gasteiger partial charge on any atom is -0.435 e. The third kappa shape index (κ3) is 7.20. The van der Waals surface area contributed by atoms with E-state index in [4.69, 9.17) is 0 Å². The quantitative estimate of drug-likeness (QED) is 0.632. The number of carbonyl (C=O) groups excluding carboxylic acids is 1. The highest BCUT2D eigenvalue weighted by molar-refractivity contribution is 5.89. The molecule has 1 aromatic carbocycles. The van der Waals surface area contributed by atoms with Crippen LogP contribution in [0.15, 0.2) is 48.3 Å². The molecule has 2 N–H and O–H groups in total. The van der Waals surface area contributed by atoms with E-state index >= 15 is 0 Å². The highest BCUT2D eigenvalue weighted by atomic mass is 19.3. The second kappa shape index (κ2) is 9.84. The van der Waals surface area contributed by atoms with Crippen LogP contribution in [0, 0.1) is 11.8 Å². The van der Waals surface area contributed by atoms with E-state index in [0.29, 0.717) is 18.7 Å². The van der Waals surface area contributed by atoms with E-state index in [9.17, 15) is 22.4 Å². The van der Waals surface area contributed by atoms with E-state index in [1.165, 1.54) is 30.3 Å². The van der Waals surface area contributed by atoms with E-state index in [-0.39, 0.29) is 23.3 Å². The maximum absolute atomic E-state index is 12.3. The Hall–Kier alpha value is -2.71. The summed E-state index contributed by atoms with van der Waals surface area (Å²) in [7, 11) is 0. The fraction of sp³-hybridized carbons (Fsp3) is 0.389. The van der Waals surface area contributed by atoms with Crippen molar-refractivity contribution in [2.45, 2.75) is 26.6 Å². The number of carbonyl (C=O) groups is 1. The van der Waals surface area contributed by atoms with E-state index in [2.05, 4.69) is 20.1 Å². The number of hydrogen-bond donors (Lipinski definition) is 2. The maximum atomic E-state index is 12.3. The van der Waals surface area contributed by atoms with E-state index < -0.39 is 19.3 Å². The van der Waals surface area contributed by atoms with Gasteiger partial charge in [-0.1, -0.05) is 19.1 Å². The average molecular weight is 388 g/mol. The lowest BCUT2D eigenvalue weighted by atomic mass is 9.87. The summed E-state index contributed by atoms with van der Waals surface area (Å²) in [5.41, 5.74) is 0.298. The molecule has 9 heteroatoms. The van der Waals surface area contributed by atoms with Gasteiger partial charge < -0.3 is 20.1 Å². The van der Waals surface area contributed by atoms with Gasteiger partial charge in [0, 0.05) is 18.3 Å². The fourth-order valence-electron chi connectivity index (χ4n) is 2.61. The Morgan fingerprint density at radius 1 is 1.19 bits per heavy atom. The van der Waals surface area contributed by atoms with Gasteiger partial charge in [0.2, 0.25) is 0 Å². The molecular formula is C18H20F4N2O3. The number of allylic oxidation sites excluding steroid dienone is 3. The van der Waals surface area contributed by atoms with Gasteiger partial charge in [-0.3, -0.25) is 0 Å². The van der Waals surface area contributed by atoms with Crippen LogP contribution in [-0.4, -0.2) is 25.8 Å². The number of anilines is 1. The van der Waals surface area contributed by atoms with Crippen LogP contribution in [0.5, 0.6) is 5.75 Å². The first-order valence-electron chi connectivity index (χ1n) is 8.28. The topological polar surface area (TPSA) is 59.6 Å². The standard InChI is InChI=1S/C18H20F4N2O3/c1-11-5-6-15(27-17(21)22)9-12(11)7-8-23-18(25)24-13-3-2-4-14(10-13)26-16(19)20/h2-6,9-12,16-17H,7-8H2,1H3,(H2,23,24,25). The maximum Gasteiger partial charge on any atom is 0.387 e. The largest absolute Gasteiger partial charge is 0.435 e. The van der Waals surface area contributed by atoms with E-state index in [0.717, 1.165) is 0 Å². The van der Waals surface area contributed by atoms with E-state index in [1.54, 1.807) is 12.2 Å². The van der Waals surface area contributed by atoms with Crippen LogP contribution in [0.3, 0.4) is 0 Å². The predicted octanol–water partition coefficient (Wildman–Crippen LogP) is 4.74. The van der Waals surface area contributed by atoms with Crippen molar-refractivity contribution in [1.82, 2.24) is 5.32 Å². The second-order valence-corrected chi connectivity index (χ2v) is 5.91. The molecule has 0 radical (unpaired) electrons. The zero-order chi connectivity index (χ0) is 19.8. The van der Waals surface area contributed by atoms with Gasteiger partial charge in [-0.05, 0) is 42.5 Å². The molecular weight excluding hydrogens is 368 g/mol. The lowest BCUT2D eigenvalue weighted by molar-refractivity contribution is -0.0930. The summed E-state index contributed by atoms with van der Waals surface area (Å²) in [6.07, 6.45) is 5.41. The molecule has 0 bridgehead atoms. The van der Waals surface area contributed by atoms with Crippen LogP contribution >= 0.6 is 0 Å². The van der Waals surface area contributed by atoms with Crippen LogP contribution in [0.4, 0.5) is 28.0 Å². The summed E-state index contributed by atoms with van der Waals surface area (Å²) >= 11 is 0. The van der Waals surface area contributed by atoms with Crippen LogP contribution in [-0.2, 0) is 4.74 Å². The monoisotopic (exact) mass is 388 g/mol. The Bertz CT molecular complexity index is 695. The van der Waals surface area contributed by atoms with Gasteiger partial charge in [0.15, 0.2) is 0 Å². The lowest BCUT2D eigenvalue weighted by Gasteiger charge is -2.23. The smallest absolute Gasteiger partial charge is 0.387 e. The highest BCUT2D eigenvalue weighted by Crippen LogP contribution is 2.26. The molecule has 0 heterocycles. The van der Waals surface area contributed by atoms with Crippen molar-refractivity contribution in [3.05, 3.63) is 48.3 Å². The van der Waals surface area contributed by atoms with Crippen molar-refractivity contribution in [2.24, 2.45) is 11.8 Å². The summed E-state index contributed by atoms with van der Waals surface area (Å²) in [4.78, 5) is 11.9. The number of urea groups is 1. The Labute approximate surface area is 154 Å². The fourth-order valence-corrected chi connectivity index (χ4v) is 2.61. The third-order valence-electron chi connectivity index (χ3n) is 3.92. The zero-order valence-corrected chi connectivity index (χ0v) is 14.5. The van der Waals surface area contributed by atoms with Crippen LogP contribution in [0.1, 0.15) is 13.3 Å². The normalized spacial score (nSPS) is 19.0. The molecule has 0 fully saturated rings. The number of halogens is 4. The molecule has 2 amide bonds. The first-order valence-corrected chi connectivity index (χ1v) is 8.28. The van der Waals surface area contributed by atoms with Crippen LogP contribution < -0.4 is 15.4 Å². The van der Waals surface area contributed by atoms with Crippen molar-refractivity contribution < 1.29 is 31.8 Å². The summed E-state index contributed by atoms with van der Waals surface area (Å²) in [6.45, 7) is -3.61. The van der Waals surface area contributed by atoms with Crippen molar-refractivity contribution in [1.29, 1.82) is 0 Å². The van der Waals surface area contributed by atoms with Gasteiger partial charge in [-0.15, -0.1) is 0 Å². The molecule has 1 aliphatic rings. The molecule has 5 nitrogen and oxygen atoms in total. The molecule has 1 aromatic rings. The van der Waals surface area contributed by atoms with E-state index in [1.807, 2.05) is 6.92 Å². The van der Waals surface area contributed by atoms with Crippen molar-refractivity contribution in [2.75, 3.05) is 11.9 Å². The SMILES string of the molecule is CC1C=CC(OC(F)F)=CC1CCNC(=O)Nc1cccc(OC(F)F)c1. The Morgan fingerprint density at radius 3 is 2.63 bits per heavy atom. The van der Waals surface area contributed by atoms with Crippen molar-refractivity contribution in [3.63, 3.8) is 0 Å². The van der Waals surface area contributed by atoms with Gasteiger partial charge in [0.05, 0.1) is 0 Å². The Balaban J connectivity index is 1.80. The average Bonchev–Trinajstić information content (AvgIpc) is 2.57. The van der Waals surface area contributed by atoms with Gasteiger partial charge >= 0.3 is 19.3 Å². The molecule has 0 aromatic heterocycles. The summed E-state index contributed by atoms with van der Waals surface area (Å²) in [6, 6.07) is 5.10. The minimum atomic E-state index is -2.95. The minimum absolute atomic E-state index is 0.0631. The van der Waals surface area contributed by atoms with Gasteiger partial charge in [-0.2, -0.15) is 17.6 Å². The Kier molecular flexibility index (Phi) is 7.51. The number of benzene rings is 1. The van der Waals surface area contributed by atoms with Crippen LogP contribution in [0.2, 0.25) is 0 Å². The number of hydrogen-bond acceptors (Lipinski definition) is 3. The first kappa shape index (κ1) is 20.6. The molecule has 2 atom stereocenters. The van der Waals surface area contributed by atoms with Gasteiger partial charge in [0.1, 0.15) is 11.5 Å². The molecule has 2 unspecified atom stereocenters. The molecule has 27 heavy (non-hydrogen) atoms. The van der Waals surface area contributed by atoms with Crippen LogP contribution in [0.25, 0.3) is 0 Å². The lowest BCUT2D eigenvalue weighted by Crippen LogP contribution is -2.31. The number of ether oxygens (including phenoxy) is 2. The number of rotatable bonds is 8. The Morgan fingerprint density at radius 2 is 1.93 bits per heavy atom. The van der Waals surface area contributed by atoms with Crippen molar-refractivity contribution in [3.8, 4) is 5.75 Å². The predicted molar refractivity (Wildman–Crippen MR) is 91.7 cm³/mol. The highest BCUT2D eigenvalue weighted by Gasteiger charge is 2.19. The summed E-state index contributed by atoms with van der Waals surface area (Å²) < 4.78 is 57.7. The summed E-state index contributed by atoms with van der Waals surface area (Å²) in [5, 5.41) is 5.14. The van der Waals surface area contributed by atoms with Crippen molar-refractivity contribution >= 4 is 11.7 Å². The molecule has 148 valence electrons. The third-order valence-corrected chi connectivity index (χ3v) is 3.92. The molecule has 2 rings (SSSR count). The molecule has 0 saturated heterocycles. The van der Waals surface area contributed by atoms with Gasteiger partial charge in [-0.25, -0.2) is 4.79 Å². The molecule has 0 spiro atoms. The summed E-state index contributed by atoms with van der Waals surface area (Å²) in [5.74, 6) is 0.0885. The molecule has 0 aliphatic heterocycles. The molecule has 1 aliphatic carbocycles.